The number of amides is 1. The first-order valence-electron chi connectivity index (χ1n) is 9.66. The molecule has 0 bridgehead atoms. The Hall–Kier alpha value is -3.52. The van der Waals surface area contributed by atoms with Crippen LogP contribution in [0.1, 0.15) is 17.5 Å². The molecular weight excluding hydrogens is 362 g/mol. The highest BCUT2D eigenvalue weighted by molar-refractivity contribution is 5.96. The van der Waals surface area contributed by atoms with Crippen LogP contribution < -0.4 is 4.74 Å². The number of benzene rings is 2. The Balaban J connectivity index is 1.61. The Morgan fingerprint density at radius 2 is 2.07 bits per heavy atom. The van der Waals surface area contributed by atoms with Crippen molar-refractivity contribution in [2.75, 3.05) is 20.2 Å². The molecule has 5 nitrogen and oxygen atoms in total. The summed E-state index contributed by atoms with van der Waals surface area (Å²) in [5, 5.41) is 9.93. The van der Waals surface area contributed by atoms with Crippen LogP contribution in [0.3, 0.4) is 0 Å². The van der Waals surface area contributed by atoms with Crippen LogP contribution in [0.2, 0.25) is 0 Å². The number of ether oxygens (including phenoxy) is 1. The van der Waals surface area contributed by atoms with Gasteiger partial charge in [0.2, 0.25) is 5.91 Å². The van der Waals surface area contributed by atoms with Crippen LogP contribution in [-0.2, 0) is 11.3 Å². The second kappa shape index (κ2) is 9.61. The van der Waals surface area contributed by atoms with E-state index >= 15 is 0 Å². The van der Waals surface area contributed by atoms with E-state index in [4.69, 9.17) is 10.00 Å². The highest BCUT2D eigenvalue weighted by Gasteiger charge is 2.08. The molecule has 5 heteroatoms. The average Bonchev–Trinajstić information content (AvgIpc) is 3.08. The molecule has 0 unspecified atom stereocenters. The summed E-state index contributed by atoms with van der Waals surface area (Å²) in [6.45, 7) is 3.59. The van der Waals surface area contributed by atoms with Crippen molar-refractivity contribution in [1.29, 1.82) is 5.26 Å². The molecule has 2 aromatic carbocycles. The molecule has 0 saturated carbocycles. The Bertz CT molecular complexity index is 1060. The Kier molecular flexibility index (Phi) is 6.70. The fourth-order valence-electron chi connectivity index (χ4n) is 3.17. The smallest absolute Gasteiger partial charge is 0.246 e. The van der Waals surface area contributed by atoms with Crippen molar-refractivity contribution in [1.82, 2.24) is 9.47 Å². The van der Waals surface area contributed by atoms with Gasteiger partial charge in [0.15, 0.2) is 0 Å². The van der Waals surface area contributed by atoms with E-state index in [1.165, 1.54) is 0 Å². The van der Waals surface area contributed by atoms with Crippen LogP contribution in [0.4, 0.5) is 0 Å². The monoisotopic (exact) mass is 387 g/mol. The zero-order valence-electron chi connectivity index (χ0n) is 16.8. The van der Waals surface area contributed by atoms with Crippen LogP contribution >= 0.6 is 0 Å². The quantitative estimate of drug-likeness (QED) is 0.538. The maximum atomic E-state index is 12.5. The van der Waals surface area contributed by atoms with Gasteiger partial charge in [0.25, 0.3) is 0 Å². The number of nitrogens with zero attached hydrogens (tertiary/aromatic N) is 3. The first kappa shape index (κ1) is 20.2. The molecule has 3 rings (SSSR count). The molecule has 148 valence electrons. The number of hydrogen-bond donors (Lipinski definition) is 0. The van der Waals surface area contributed by atoms with E-state index in [9.17, 15) is 4.79 Å². The standard InChI is InChI=1S/C24H25N3O2/c1-19-7-5-8-21(17-19)29-16-15-26(2)24(28)12-11-20-18-27(14-6-13-25)23-10-4-3-9-22(20)23/h3-5,7-12,17-18H,6,14-16H2,1-2H3. The molecule has 0 aliphatic heterocycles. The minimum Gasteiger partial charge on any atom is -0.492 e. The first-order valence-corrected chi connectivity index (χ1v) is 9.66. The first-order chi connectivity index (χ1) is 14.1. The molecule has 0 spiro atoms. The van der Waals surface area contributed by atoms with Crippen molar-refractivity contribution in [2.45, 2.75) is 19.9 Å². The summed E-state index contributed by atoms with van der Waals surface area (Å²) >= 11 is 0. The Labute approximate surface area is 171 Å². The summed E-state index contributed by atoms with van der Waals surface area (Å²) in [6.07, 6.45) is 5.87. The van der Waals surface area contributed by atoms with Gasteiger partial charge in [-0.2, -0.15) is 5.26 Å². The lowest BCUT2D eigenvalue weighted by Gasteiger charge is -2.15. The molecule has 0 atom stereocenters. The summed E-state index contributed by atoms with van der Waals surface area (Å²) < 4.78 is 7.78. The van der Waals surface area contributed by atoms with Gasteiger partial charge < -0.3 is 14.2 Å². The molecule has 0 radical (unpaired) electrons. The summed E-state index contributed by atoms with van der Waals surface area (Å²) in [5.74, 6) is 0.735. The summed E-state index contributed by atoms with van der Waals surface area (Å²) in [4.78, 5) is 14.1. The summed E-state index contributed by atoms with van der Waals surface area (Å²) in [6, 6.07) is 18.1. The molecule has 1 amide bonds. The lowest BCUT2D eigenvalue weighted by atomic mass is 10.1. The van der Waals surface area contributed by atoms with Crippen LogP contribution in [0.5, 0.6) is 5.75 Å². The lowest BCUT2D eigenvalue weighted by molar-refractivity contribution is -0.125. The van der Waals surface area contributed by atoms with Crippen molar-refractivity contribution in [3.63, 3.8) is 0 Å². The van der Waals surface area contributed by atoms with E-state index in [-0.39, 0.29) is 5.91 Å². The van der Waals surface area contributed by atoms with Gasteiger partial charge in [-0.05, 0) is 36.8 Å². The molecule has 0 aliphatic rings. The van der Waals surface area contributed by atoms with Crippen LogP contribution in [0.25, 0.3) is 17.0 Å². The normalized spacial score (nSPS) is 10.9. The molecule has 0 aliphatic carbocycles. The van der Waals surface area contributed by atoms with Crippen LogP contribution in [-0.4, -0.2) is 35.6 Å². The Morgan fingerprint density at radius 1 is 1.24 bits per heavy atom. The molecule has 3 aromatic rings. The Morgan fingerprint density at radius 3 is 2.86 bits per heavy atom. The largest absolute Gasteiger partial charge is 0.492 e. The van der Waals surface area contributed by atoms with Gasteiger partial charge in [-0.1, -0.05) is 30.3 Å². The van der Waals surface area contributed by atoms with Gasteiger partial charge in [0, 0.05) is 42.3 Å². The fraction of sp³-hybridized carbons (Fsp3) is 0.250. The number of nitriles is 1. The third-order valence-electron chi connectivity index (χ3n) is 4.75. The minimum absolute atomic E-state index is 0.0771. The number of aromatic nitrogens is 1. The molecule has 0 N–H and O–H groups in total. The van der Waals surface area contributed by atoms with Crippen LogP contribution in [0, 0.1) is 18.3 Å². The van der Waals surface area contributed by atoms with Crippen molar-refractivity contribution < 1.29 is 9.53 Å². The maximum Gasteiger partial charge on any atom is 0.246 e. The zero-order valence-corrected chi connectivity index (χ0v) is 16.8. The van der Waals surface area contributed by atoms with Crippen LogP contribution in [0.15, 0.2) is 60.8 Å². The van der Waals surface area contributed by atoms with Crippen molar-refractivity contribution in [2.24, 2.45) is 0 Å². The molecule has 29 heavy (non-hydrogen) atoms. The number of hydrogen-bond acceptors (Lipinski definition) is 3. The van der Waals surface area contributed by atoms with Gasteiger partial charge in [-0.15, -0.1) is 0 Å². The predicted octanol–water partition coefficient (Wildman–Crippen LogP) is 4.41. The van der Waals surface area contributed by atoms with Gasteiger partial charge in [0.05, 0.1) is 19.0 Å². The number of para-hydroxylation sites is 1. The molecule has 0 fully saturated rings. The molecular formula is C24H25N3O2. The maximum absolute atomic E-state index is 12.5. The molecule has 0 saturated heterocycles. The number of aryl methyl sites for hydroxylation is 2. The van der Waals surface area contributed by atoms with Gasteiger partial charge in [-0.25, -0.2) is 0 Å². The van der Waals surface area contributed by atoms with E-state index < -0.39 is 0 Å². The second-order valence-electron chi connectivity index (χ2n) is 6.96. The van der Waals surface area contributed by atoms with Gasteiger partial charge in [0.1, 0.15) is 12.4 Å². The van der Waals surface area contributed by atoms with E-state index in [0.717, 1.165) is 27.8 Å². The van der Waals surface area contributed by atoms with E-state index in [0.29, 0.717) is 26.1 Å². The summed E-state index contributed by atoms with van der Waals surface area (Å²) in [5.41, 5.74) is 3.18. The van der Waals surface area contributed by atoms with E-state index in [1.54, 1.807) is 18.0 Å². The average molecular weight is 387 g/mol. The number of likely N-dealkylation sites (N-methyl/N-ethyl adjacent to an activating group) is 1. The third kappa shape index (κ3) is 5.26. The van der Waals surface area contributed by atoms with Crippen molar-refractivity contribution in [3.05, 3.63) is 71.9 Å². The van der Waals surface area contributed by atoms with E-state index in [2.05, 4.69) is 10.6 Å². The molecule has 1 aromatic heterocycles. The number of rotatable bonds is 8. The van der Waals surface area contributed by atoms with Crippen molar-refractivity contribution in [3.8, 4) is 11.8 Å². The second-order valence-corrected chi connectivity index (χ2v) is 6.96. The summed E-state index contributed by atoms with van der Waals surface area (Å²) in [7, 11) is 1.77. The SMILES string of the molecule is Cc1cccc(OCCN(C)C(=O)C=Cc2cn(CCC#N)c3ccccc23)c1. The zero-order chi connectivity index (χ0) is 20.6. The lowest BCUT2D eigenvalue weighted by Crippen LogP contribution is -2.29. The number of carbonyl (C=O) groups is 1. The predicted molar refractivity (Wildman–Crippen MR) is 116 cm³/mol. The number of fused-ring (bicyclic) bond motifs is 1. The highest BCUT2D eigenvalue weighted by atomic mass is 16.5. The van der Waals surface area contributed by atoms with E-state index in [1.807, 2.05) is 67.7 Å². The highest BCUT2D eigenvalue weighted by Crippen LogP contribution is 2.23. The minimum atomic E-state index is -0.0771. The number of carbonyl (C=O) groups excluding carboxylic acids is 1. The fourth-order valence-corrected chi connectivity index (χ4v) is 3.17. The topological polar surface area (TPSA) is 58.3 Å². The van der Waals surface area contributed by atoms with Gasteiger partial charge in [-0.3, -0.25) is 4.79 Å². The van der Waals surface area contributed by atoms with Crippen molar-refractivity contribution >= 4 is 22.9 Å². The molecule has 1 heterocycles. The van der Waals surface area contributed by atoms with Gasteiger partial charge >= 0.3 is 0 Å². The third-order valence-corrected chi connectivity index (χ3v) is 4.75.